The van der Waals surface area contributed by atoms with Crippen LogP contribution in [0.25, 0.3) is 0 Å². The molecule has 0 heterocycles. The number of rotatable bonds is 7. The van der Waals surface area contributed by atoms with Crippen LogP contribution in [0.5, 0.6) is 0 Å². The molecule has 8 rings (SSSR count). The third kappa shape index (κ3) is 5.00. The molecule has 3 aromatic rings. The second-order valence-electron chi connectivity index (χ2n) is 19.7. The van der Waals surface area contributed by atoms with Crippen molar-refractivity contribution in [1.82, 2.24) is 0 Å². The Morgan fingerprint density at radius 1 is 0.692 bits per heavy atom. The summed E-state index contributed by atoms with van der Waals surface area (Å²) in [5, 5.41) is 22.6. The summed E-state index contributed by atoms with van der Waals surface area (Å²) in [6, 6.07) is 32.7. The normalized spacial score (nSPS) is 40.9. The lowest BCUT2D eigenvalue weighted by atomic mass is 9.32. The van der Waals surface area contributed by atoms with Crippen molar-refractivity contribution in [2.75, 3.05) is 6.61 Å². The first-order chi connectivity index (χ1) is 24.7. The minimum atomic E-state index is -0.721. The lowest BCUT2D eigenvalue weighted by molar-refractivity contribution is -0.266. The third-order valence-electron chi connectivity index (χ3n) is 17.3. The molecule has 2 N–H and O–H groups in total. The molecule has 3 heteroatoms. The molecule has 5 aliphatic carbocycles. The molecule has 278 valence electrons. The molecule has 0 spiro atoms. The van der Waals surface area contributed by atoms with E-state index in [1.54, 1.807) is 0 Å². The smallest absolute Gasteiger partial charge is 0.143 e. The maximum atomic E-state index is 11.3. The molecule has 0 aromatic heterocycles. The van der Waals surface area contributed by atoms with Crippen LogP contribution >= 0.6 is 0 Å². The zero-order chi connectivity index (χ0) is 36.7. The van der Waals surface area contributed by atoms with Gasteiger partial charge in [-0.1, -0.05) is 138 Å². The van der Waals surface area contributed by atoms with Crippen LogP contribution in [0.1, 0.15) is 116 Å². The van der Waals surface area contributed by atoms with Gasteiger partial charge in [0.05, 0.1) is 18.8 Å². The Kier molecular flexibility index (Phi) is 8.84. The number of ether oxygens (including phenoxy) is 1. The Labute approximate surface area is 314 Å². The molecule has 52 heavy (non-hydrogen) atoms. The number of benzene rings is 3. The molecule has 5 fully saturated rings. The van der Waals surface area contributed by atoms with Gasteiger partial charge in [0.2, 0.25) is 0 Å². The van der Waals surface area contributed by atoms with E-state index in [1.165, 1.54) is 67.2 Å². The average molecular weight is 701 g/mol. The van der Waals surface area contributed by atoms with Gasteiger partial charge in [0.1, 0.15) is 5.60 Å². The molecular formula is C49H64O3. The van der Waals surface area contributed by atoms with E-state index >= 15 is 0 Å². The van der Waals surface area contributed by atoms with Crippen molar-refractivity contribution in [2.24, 2.45) is 56.7 Å². The van der Waals surface area contributed by atoms with E-state index < -0.39 is 17.8 Å². The standard InChI is InChI=1S/C49H64O3/c1-33(2)37-25-28-48(32-52-49(34-17-11-8-12-18-34,35-19-13-9-14-20-35)36-21-15-10-16-22-36)30-29-46(6)38(42(37)48)23-24-41-45(5)31-39(50)43(51)44(3,4)40(45)26-27-47(41,46)7/h8-22,37-43,50-51H,1,23-32H2,2-7H3/t37-,38+,39?,40-,41+,42+,43-,45-,46+,47+,48+/m0/s1. The fourth-order valence-corrected chi connectivity index (χ4v) is 14.7. The second kappa shape index (κ2) is 12.7. The molecule has 3 aromatic carbocycles. The van der Waals surface area contributed by atoms with E-state index in [4.69, 9.17) is 4.74 Å². The number of aliphatic hydroxyl groups excluding tert-OH is 2. The van der Waals surface area contributed by atoms with Crippen molar-refractivity contribution in [1.29, 1.82) is 0 Å². The molecule has 0 saturated heterocycles. The predicted octanol–water partition coefficient (Wildman–Crippen LogP) is 11.0. The lowest BCUT2D eigenvalue weighted by Gasteiger charge is -2.73. The van der Waals surface area contributed by atoms with E-state index in [1.807, 2.05) is 0 Å². The maximum Gasteiger partial charge on any atom is 0.143 e. The number of allylic oxidation sites excluding steroid dienone is 1. The predicted molar refractivity (Wildman–Crippen MR) is 212 cm³/mol. The Morgan fingerprint density at radius 3 is 1.79 bits per heavy atom. The second-order valence-corrected chi connectivity index (χ2v) is 19.7. The van der Waals surface area contributed by atoms with Crippen LogP contribution in [0.15, 0.2) is 103 Å². The Bertz CT molecular complexity index is 1650. The van der Waals surface area contributed by atoms with Crippen LogP contribution in [-0.2, 0) is 10.3 Å². The summed E-state index contributed by atoms with van der Waals surface area (Å²) < 4.78 is 7.75. The van der Waals surface area contributed by atoms with Gasteiger partial charge in [0, 0.05) is 0 Å². The van der Waals surface area contributed by atoms with Crippen LogP contribution in [0.2, 0.25) is 0 Å². The van der Waals surface area contributed by atoms with E-state index in [9.17, 15) is 10.2 Å². The minimum Gasteiger partial charge on any atom is -0.390 e. The van der Waals surface area contributed by atoms with Gasteiger partial charge in [-0.2, -0.15) is 0 Å². The molecular weight excluding hydrogens is 637 g/mol. The van der Waals surface area contributed by atoms with Gasteiger partial charge in [-0.25, -0.2) is 0 Å². The van der Waals surface area contributed by atoms with Crippen LogP contribution < -0.4 is 0 Å². The highest BCUT2D eigenvalue weighted by atomic mass is 16.5. The molecule has 0 amide bonds. The van der Waals surface area contributed by atoms with Gasteiger partial charge >= 0.3 is 0 Å². The summed E-state index contributed by atoms with van der Waals surface area (Å²) in [5.74, 6) is 2.59. The van der Waals surface area contributed by atoms with Crippen molar-refractivity contribution < 1.29 is 14.9 Å². The first-order valence-electron chi connectivity index (χ1n) is 20.6. The van der Waals surface area contributed by atoms with Gasteiger partial charge in [-0.3, -0.25) is 0 Å². The highest BCUT2D eigenvalue weighted by Gasteiger charge is 2.71. The number of aliphatic hydroxyl groups is 2. The largest absolute Gasteiger partial charge is 0.390 e. The van der Waals surface area contributed by atoms with Crippen molar-refractivity contribution in [3.63, 3.8) is 0 Å². The summed E-state index contributed by atoms with van der Waals surface area (Å²) in [5.41, 5.74) is 4.34. The fourth-order valence-electron chi connectivity index (χ4n) is 14.7. The fraction of sp³-hybridized carbons (Fsp3) is 0.592. The first kappa shape index (κ1) is 36.3. The molecule has 11 atom stereocenters. The van der Waals surface area contributed by atoms with Gasteiger partial charge in [-0.15, -0.1) is 0 Å². The SMILES string of the molecule is C=C(C)[C@@H]1CC[C@]2(COC(c3ccccc3)(c3ccccc3)c3ccccc3)CC[C@]3(C)[C@H](CC[C@@H]4[C@@]5(C)CC(O)[C@H](O)C(C)(C)[C@@H]5CC[C@]43C)[C@@H]12. The summed E-state index contributed by atoms with van der Waals surface area (Å²) in [6.07, 6.45) is 9.00. The summed E-state index contributed by atoms with van der Waals surface area (Å²) in [6.45, 7) is 20.0. The summed E-state index contributed by atoms with van der Waals surface area (Å²) >= 11 is 0. The molecule has 3 nitrogen and oxygen atoms in total. The van der Waals surface area contributed by atoms with Crippen molar-refractivity contribution >= 4 is 0 Å². The summed E-state index contributed by atoms with van der Waals surface area (Å²) in [7, 11) is 0. The Balaban J connectivity index is 1.19. The van der Waals surface area contributed by atoms with Gasteiger partial charge in [-0.05, 0) is 138 Å². The van der Waals surface area contributed by atoms with E-state index in [0.29, 0.717) is 29.6 Å². The monoisotopic (exact) mass is 700 g/mol. The molecule has 0 bridgehead atoms. The van der Waals surface area contributed by atoms with E-state index in [2.05, 4.69) is 139 Å². The van der Waals surface area contributed by atoms with Gasteiger partial charge < -0.3 is 14.9 Å². The maximum absolute atomic E-state index is 11.3. The number of fused-ring (bicyclic) bond motifs is 7. The zero-order valence-corrected chi connectivity index (χ0v) is 32.8. The highest BCUT2D eigenvalue weighted by Crippen LogP contribution is 2.77. The Morgan fingerprint density at radius 2 is 1.25 bits per heavy atom. The molecule has 5 saturated carbocycles. The minimum absolute atomic E-state index is 0.0187. The van der Waals surface area contributed by atoms with Crippen LogP contribution in [0.3, 0.4) is 0 Å². The van der Waals surface area contributed by atoms with E-state index in [-0.39, 0.29) is 27.1 Å². The van der Waals surface area contributed by atoms with Gasteiger partial charge in [0.15, 0.2) is 0 Å². The van der Waals surface area contributed by atoms with E-state index in [0.717, 1.165) is 19.4 Å². The number of hydrogen-bond donors (Lipinski definition) is 2. The van der Waals surface area contributed by atoms with Crippen LogP contribution in [-0.4, -0.2) is 29.0 Å². The average Bonchev–Trinajstić information content (AvgIpc) is 3.53. The molecule has 0 radical (unpaired) electrons. The highest BCUT2D eigenvalue weighted by molar-refractivity contribution is 5.47. The van der Waals surface area contributed by atoms with Crippen molar-refractivity contribution in [2.45, 2.75) is 117 Å². The van der Waals surface area contributed by atoms with Crippen molar-refractivity contribution in [3.05, 3.63) is 120 Å². The van der Waals surface area contributed by atoms with Crippen molar-refractivity contribution in [3.8, 4) is 0 Å². The third-order valence-corrected chi connectivity index (χ3v) is 17.3. The molecule has 5 aliphatic rings. The quantitative estimate of drug-likeness (QED) is 0.191. The zero-order valence-electron chi connectivity index (χ0n) is 32.8. The van der Waals surface area contributed by atoms with Gasteiger partial charge in [0.25, 0.3) is 0 Å². The first-order valence-corrected chi connectivity index (χ1v) is 20.6. The summed E-state index contributed by atoms with van der Waals surface area (Å²) in [4.78, 5) is 0. The molecule has 1 unspecified atom stereocenters. The lowest BCUT2D eigenvalue weighted by Crippen LogP contribution is -2.68. The Hall–Kier alpha value is -2.72. The molecule has 0 aliphatic heterocycles. The number of hydrogen-bond acceptors (Lipinski definition) is 3. The van der Waals surface area contributed by atoms with Crippen LogP contribution in [0.4, 0.5) is 0 Å². The topological polar surface area (TPSA) is 49.7 Å². The van der Waals surface area contributed by atoms with Crippen LogP contribution in [0, 0.1) is 56.7 Å².